The molecule has 1 N–H and O–H groups in total. The lowest BCUT2D eigenvalue weighted by molar-refractivity contribution is 0.0942. The average Bonchev–Trinajstić information content (AvgIpc) is 2.62. The molecule has 0 radical (unpaired) electrons. The van der Waals surface area contributed by atoms with Crippen LogP contribution in [0.3, 0.4) is 0 Å². The van der Waals surface area contributed by atoms with E-state index in [0.717, 1.165) is 43.6 Å². The molecule has 0 aromatic carbocycles. The molecule has 5 heteroatoms. The van der Waals surface area contributed by atoms with E-state index in [1.165, 1.54) is 0 Å². The molecule has 1 aliphatic carbocycles. The first kappa shape index (κ1) is 14.4. The van der Waals surface area contributed by atoms with Crippen molar-refractivity contribution in [2.24, 2.45) is 13.0 Å². The van der Waals surface area contributed by atoms with E-state index >= 15 is 0 Å². The van der Waals surface area contributed by atoms with Crippen molar-refractivity contribution in [2.75, 3.05) is 6.54 Å². The highest BCUT2D eigenvalue weighted by molar-refractivity contribution is 6.20. The summed E-state index contributed by atoms with van der Waals surface area (Å²) in [5.41, 5.74) is 2.43. The molecule has 106 valence electrons. The van der Waals surface area contributed by atoms with Crippen molar-refractivity contribution in [3.63, 3.8) is 0 Å². The van der Waals surface area contributed by atoms with E-state index in [4.69, 9.17) is 11.6 Å². The molecule has 1 aliphatic rings. The number of carbonyl (C=O) groups is 1. The van der Waals surface area contributed by atoms with Crippen molar-refractivity contribution >= 4 is 17.5 Å². The fourth-order valence-corrected chi connectivity index (χ4v) is 3.01. The first-order chi connectivity index (χ1) is 8.99. The molecule has 1 amide bonds. The van der Waals surface area contributed by atoms with Gasteiger partial charge in [-0.2, -0.15) is 5.10 Å². The summed E-state index contributed by atoms with van der Waals surface area (Å²) in [6.07, 6.45) is 4.35. The Hall–Kier alpha value is -1.03. The summed E-state index contributed by atoms with van der Waals surface area (Å²) in [5.74, 6) is 0.562. The van der Waals surface area contributed by atoms with Crippen LogP contribution in [0.5, 0.6) is 0 Å². The normalized spacial score (nSPS) is 23.4. The highest BCUT2D eigenvalue weighted by Gasteiger charge is 2.22. The van der Waals surface area contributed by atoms with Gasteiger partial charge in [0.2, 0.25) is 0 Å². The molecule has 1 aromatic rings. The lowest BCUT2D eigenvalue weighted by atomic mass is 9.89. The maximum Gasteiger partial charge on any atom is 0.255 e. The minimum absolute atomic E-state index is 0.00361. The van der Waals surface area contributed by atoms with Gasteiger partial charge < -0.3 is 5.32 Å². The van der Waals surface area contributed by atoms with Gasteiger partial charge in [-0.1, -0.05) is 0 Å². The predicted octanol–water partition coefficient (Wildman–Crippen LogP) is 2.56. The standard InChI is InChI=1S/C14H22ClN3O/c1-9-13(10(2)18(3)17-9)14(19)16-8-11-4-6-12(15)7-5-11/h11-12H,4-8H2,1-3H3,(H,16,19). The molecule has 4 nitrogen and oxygen atoms in total. The highest BCUT2D eigenvalue weighted by atomic mass is 35.5. The summed E-state index contributed by atoms with van der Waals surface area (Å²) in [7, 11) is 1.86. The second-order valence-corrected chi connectivity index (χ2v) is 6.11. The topological polar surface area (TPSA) is 46.9 Å². The lowest BCUT2D eigenvalue weighted by Gasteiger charge is -2.25. The quantitative estimate of drug-likeness (QED) is 0.867. The fourth-order valence-electron chi connectivity index (χ4n) is 2.75. The van der Waals surface area contributed by atoms with Crippen molar-refractivity contribution in [1.29, 1.82) is 0 Å². The number of amides is 1. The number of hydrogen-bond donors (Lipinski definition) is 1. The minimum Gasteiger partial charge on any atom is -0.352 e. The van der Waals surface area contributed by atoms with Crippen LogP contribution in [-0.4, -0.2) is 27.6 Å². The molecule has 0 atom stereocenters. The van der Waals surface area contributed by atoms with E-state index in [-0.39, 0.29) is 5.91 Å². The summed E-state index contributed by atoms with van der Waals surface area (Å²) in [5, 5.41) is 7.65. The van der Waals surface area contributed by atoms with Gasteiger partial charge in [-0.25, -0.2) is 0 Å². The Morgan fingerprint density at radius 2 is 2.00 bits per heavy atom. The second-order valence-electron chi connectivity index (χ2n) is 5.50. The molecule has 1 fully saturated rings. The zero-order chi connectivity index (χ0) is 14.0. The van der Waals surface area contributed by atoms with Crippen LogP contribution in [0.15, 0.2) is 0 Å². The SMILES string of the molecule is Cc1nn(C)c(C)c1C(=O)NCC1CCC(Cl)CC1. The van der Waals surface area contributed by atoms with Crippen LogP contribution in [0.2, 0.25) is 0 Å². The number of aryl methyl sites for hydroxylation is 2. The van der Waals surface area contributed by atoms with Gasteiger partial charge in [-0.15, -0.1) is 11.6 Å². The Bertz CT molecular complexity index is 462. The van der Waals surface area contributed by atoms with E-state index in [0.29, 0.717) is 16.9 Å². The Morgan fingerprint density at radius 1 is 1.37 bits per heavy atom. The summed E-state index contributed by atoms with van der Waals surface area (Å²) >= 11 is 6.09. The number of aromatic nitrogens is 2. The summed E-state index contributed by atoms with van der Waals surface area (Å²) in [6.45, 7) is 4.55. The van der Waals surface area contributed by atoms with Gasteiger partial charge >= 0.3 is 0 Å². The van der Waals surface area contributed by atoms with E-state index < -0.39 is 0 Å². The van der Waals surface area contributed by atoms with Gasteiger partial charge in [-0.3, -0.25) is 9.48 Å². The Morgan fingerprint density at radius 3 is 2.53 bits per heavy atom. The number of hydrogen-bond acceptors (Lipinski definition) is 2. The molecule has 2 rings (SSSR count). The second kappa shape index (κ2) is 5.95. The predicted molar refractivity (Wildman–Crippen MR) is 76.6 cm³/mol. The van der Waals surface area contributed by atoms with Crippen LogP contribution in [-0.2, 0) is 7.05 Å². The Balaban J connectivity index is 1.91. The van der Waals surface area contributed by atoms with E-state index in [1.54, 1.807) is 4.68 Å². The third kappa shape index (κ3) is 3.30. The lowest BCUT2D eigenvalue weighted by Crippen LogP contribution is -2.32. The van der Waals surface area contributed by atoms with Crippen LogP contribution < -0.4 is 5.32 Å². The molecule has 0 unspecified atom stereocenters. The van der Waals surface area contributed by atoms with E-state index in [2.05, 4.69) is 10.4 Å². The maximum atomic E-state index is 12.2. The van der Waals surface area contributed by atoms with E-state index in [1.807, 2.05) is 20.9 Å². The third-order valence-electron chi connectivity index (χ3n) is 4.06. The monoisotopic (exact) mass is 283 g/mol. The smallest absolute Gasteiger partial charge is 0.255 e. The Labute approximate surface area is 119 Å². The molecule has 1 aromatic heterocycles. The molecular weight excluding hydrogens is 262 g/mol. The summed E-state index contributed by atoms with van der Waals surface area (Å²) in [4.78, 5) is 12.2. The van der Waals surface area contributed by atoms with Gasteiger partial charge in [0.05, 0.1) is 11.3 Å². The zero-order valence-electron chi connectivity index (χ0n) is 11.9. The van der Waals surface area contributed by atoms with Crippen molar-refractivity contribution in [2.45, 2.75) is 44.9 Å². The molecule has 0 bridgehead atoms. The van der Waals surface area contributed by atoms with Gasteiger partial charge in [-0.05, 0) is 45.4 Å². The van der Waals surface area contributed by atoms with Crippen molar-refractivity contribution in [1.82, 2.24) is 15.1 Å². The number of carbonyl (C=O) groups excluding carboxylic acids is 1. The number of halogens is 1. The summed E-state index contributed by atoms with van der Waals surface area (Å²) in [6, 6.07) is 0. The average molecular weight is 284 g/mol. The molecular formula is C14H22ClN3O. The van der Waals surface area contributed by atoms with Crippen molar-refractivity contribution < 1.29 is 4.79 Å². The minimum atomic E-state index is -0.00361. The third-order valence-corrected chi connectivity index (χ3v) is 4.50. The van der Waals surface area contributed by atoms with Crippen molar-refractivity contribution in [3.05, 3.63) is 17.0 Å². The van der Waals surface area contributed by atoms with Crippen molar-refractivity contribution in [3.8, 4) is 0 Å². The van der Waals surface area contributed by atoms with Crippen LogP contribution >= 0.6 is 11.6 Å². The largest absolute Gasteiger partial charge is 0.352 e. The number of nitrogens with zero attached hydrogens (tertiary/aromatic N) is 2. The molecule has 0 spiro atoms. The number of nitrogens with one attached hydrogen (secondary N) is 1. The van der Waals surface area contributed by atoms with E-state index in [9.17, 15) is 4.79 Å². The van der Waals surface area contributed by atoms with Crippen LogP contribution in [0.4, 0.5) is 0 Å². The molecule has 1 saturated carbocycles. The highest BCUT2D eigenvalue weighted by Crippen LogP contribution is 2.27. The van der Waals surface area contributed by atoms with Crippen LogP contribution in [0, 0.1) is 19.8 Å². The number of rotatable bonds is 3. The summed E-state index contributed by atoms with van der Waals surface area (Å²) < 4.78 is 1.75. The molecule has 0 aliphatic heterocycles. The maximum absolute atomic E-state index is 12.2. The molecule has 19 heavy (non-hydrogen) atoms. The fraction of sp³-hybridized carbons (Fsp3) is 0.714. The number of alkyl halides is 1. The zero-order valence-corrected chi connectivity index (χ0v) is 12.6. The first-order valence-electron chi connectivity index (χ1n) is 6.91. The van der Waals surface area contributed by atoms with Gasteiger partial charge in [0.1, 0.15) is 0 Å². The molecule has 1 heterocycles. The molecule has 0 saturated heterocycles. The van der Waals surface area contributed by atoms with Crippen LogP contribution in [0.1, 0.15) is 47.4 Å². The van der Waals surface area contributed by atoms with Gasteiger partial charge in [0.15, 0.2) is 0 Å². The van der Waals surface area contributed by atoms with Crippen LogP contribution in [0.25, 0.3) is 0 Å². The van der Waals surface area contributed by atoms with Gasteiger partial charge in [0, 0.05) is 24.7 Å². The van der Waals surface area contributed by atoms with Gasteiger partial charge in [0.25, 0.3) is 5.91 Å². The first-order valence-corrected chi connectivity index (χ1v) is 7.35. The Kier molecular flexibility index (Phi) is 4.50.